The molecule has 0 atom stereocenters. The first kappa shape index (κ1) is 9.66. The van der Waals surface area contributed by atoms with Gasteiger partial charge in [0.25, 0.3) is 0 Å². The van der Waals surface area contributed by atoms with Crippen molar-refractivity contribution in [3.05, 3.63) is 29.3 Å². The van der Waals surface area contributed by atoms with Crippen molar-refractivity contribution in [3.8, 4) is 0 Å². The van der Waals surface area contributed by atoms with Crippen LogP contribution in [0, 0.1) is 0 Å². The van der Waals surface area contributed by atoms with Gasteiger partial charge < -0.3 is 5.73 Å². The zero-order chi connectivity index (χ0) is 11.1. The van der Waals surface area contributed by atoms with Gasteiger partial charge in [-0.05, 0) is 6.07 Å². The smallest absolute Gasteiger partial charge is 0.344 e. The zero-order valence-corrected chi connectivity index (χ0v) is 8.28. The number of benzene rings is 1. The summed E-state index contributed by atoms with van der Waals surface area (Å²) in [5.41, 5.74) is 6.36. The molecule has 2 rings (SSSR count). The van der Waals surface area contributed by atoms with Gasteiger partial charge >= 0.3 is 10.2 Å². The Labute approximate surface area is 86.0 Å². The topological polar surface area (TPSA) is 102 Å². The first-order valence-corrected chi connectivity index (χ1v) is 5.44. The van der Waals surface area contributed by atoms with Crippen molar-refractivity contribution in [1.82, 2.24) is 0 Å². The number of nitrogens with one attached hydrogen (secondary N) is 1. The number of amidine groups is 1. The van der Waals surface area contributed by atoms with Gasteiger partial charge in [0, 0.05) is 5.56 Å². The molecule has 3 N–H and O–H groups in total. The summed E-state index contributed by atoms with van der Waals surface area (Å²) < 4.78 is 27.8. The lowest BCUT2D eigenvalue weighted by Gasteiger charge is -2.16. The van der Waals surface area contributed by atoms with Gasteiger partial charge in [0.15, 0.2) is 6.29 Å². The second kappa shape index (κ2) is 3.06. The lowest BCUT2D eigenvalue weighted by Crippen LogP contribution is -2.27. The number of carbonyl (C=O) groups excluding carboxylic acids is 1. The molecule has 0 spiro atoms. The Bertz CT molecular complexity index is 562. The Kier molecular flexibility index (Phi) is 1.97. The lowest BCUT2D eigenvalue weighted by atomic mass is 10.1. The molecule has 1 aliphatic rings. The Morgan fingerprint density at radius 3 is 2.80 bits per heavy atom. The molecule has 1 aliphatic heterocycles. The van der Waals surface area contributed by atoms with Crippen molar-refractivity contribution in [2.75, 3.05) is 4.72 Å². The summed E-state index contributed by atoms with van der Waals surface area (Å²) in [4.78, 5) is 10.7. The molecule has 1 aromatic carbocycles. The van der Waals surface area contributed by atoms with E-state index in [1.54, 1.807) is 6.07 Å². The minimum atomic E-state index is -3.77. The van der Waals surface area contributed by atoms with Gasteiger partial charge in [-0.1, -0.05) is 12.1 Å². The summed E-state index contributed by atoms with van der Waals surface area (Å²) in [6.07, 6.45) is 0.598. The standard InChI is InChI=1S/C8H7N3O3S/c9-8-7-5(4-12)2-1-3-6(7)10-15(13,14)11-8/h1-4,10H,(H2,9,11). The third-order valence-electron chi connectivity index (χ3n) is 1.94. The molecule has 0 bridgehead atoms. The molecule has 0 amide bonds. The predicted octanol–water partition coefficient (Wildman–Crippen LogP) is -0.125. The molecule has 6 nitrogen and oxygen atoms in total. The molecule has 0 unspecified atom stereocenters. The molecule has 15 heavy (non-hydrogen) atoms. The van der Waals surface area contributed by atoms with Gasteiger partial charge in [0.1, 0.15) is 5.84 Å². The number of hydrogen-bond donors (Lipinski definition) is 2. The quantitative estimate of drug-likeness (QED) is 0.650. The first-order valence-electron chi connectivity index (χ1n) is 4.00. The third kappa shape index (κ3) is 1.57. The molecule has 78 valence electrons. The monoisotopic (exact) mass is 225 g/mol. The number of fused-ring (bicyclic) bond motifs is 1. The van der Waals surface area contributed by atoms with E-state index < -0.39 is 10.2 Å². The summed E-state index contributed by atoms with van der Waals surface area (Å²) >= 11 is 0. The number of aldehydes is 1. The van der Waals surface area contributed by atoms with Crippen LogP contribution in [0.1, 0.15) is 15.9 Å². The van der Waals surface area contributed by atoms with E-state index in [0.717, 1.165) is 0 Å². The fourth-order valence-corrected chi connectivity index (χ4v) is 2.22. The number of nitrogens with two attached hydrogens (primary N) is 1. The van der Waals surface area contributed by atoms with Gasteiger partial charge in [0.05, 0.1) is 11.3 Å². The van der Waals surface area contributed by atoms with Crippen LogP contribution in [0.3, 0.4) is 0 Å². The molecule has 7 heteroatoms. The normalized spacial score (nSPS) is 17.2. The molecular formula is C8H7N3O3S. The van der Waals surface area contributed by atoms with E-state index in [2.05, 4.69) is 9.12 Å². The van der Waals surface area contributed by atoms with Crippen LogP contribution in [-0.4, -0.2) is 20.5 Å². The molecule has 0 aromatic heterocycles. The van der Waals surface area contributed by atoms with Gasteiger partial charge in [-0.25, -0.2) is 0 Å². The van der Waals surface area contributed by atoms with E-state index in [4.69, 9.17) is 5.73 Å². The molecule has 1 aromatic rings. The Hall–Kier alpha value is -1.89. The molecule has 0 radical (unpaired) electrons. The highest BCUT2D eigenvalue weighted by Crippen LogP contribution is 2.24. The van der Waals surface area contributed by atoms with E-state index >= 15 is 0 Å². The maximum atomic E-state index is 11.2. The van der Waals surface area contributed by atoms with Crippen LogP contribution in [0.4, 0.5) is 5.69 Å². The van der Waals surface area contributed by atoms with Gasteiger partial charge in [-0.2, -0.15) is 8.42 Å². The highest BCUT2D eigenvalue weighted by Gasteiger charge is 2.22. The number of carbonyl (C=O) groups is 1. The molecule has 0 saturated carbocycles. The lowest BCUT2D eigenvalue weighted by molar-refractivity contribution is 0.112. The number of nitrogens with zero attached hydrogens (tertiary/aromatic N) is 1. The van der Waals surface area contributed by atoms with Crippen molar-refractivity contribution in [3.63, 3.8) is 0 Å². The van der Waals surface area contributed by atoms with Gasteiger partial charge in [0.2, 0.25) is 0 Å². The summed E-state index contributed by atoms with van der Waals surface area (Å²) in [6.45, 7) is 0. The van der Waals surface area contributed by atoms with Crippen molar-refractivity contribution in [2.45, 2.75) is 0 Å². The van der Waals surface area contributed by atoms with Crippen LogP contribution in [0.5, 0.6) is 0 Å². The minimum Gasteiger partial charge on any atom is -0.382 e. The van der Waals surface area contributed by atoms with Crippen molar-refractivity contribution < 1.29 is 13.2 Å². The molecule has 1 heterocycles. The van der Waals surface area contributed by atoms with Crippen LogP contribution in [0.15, 0.2) is 22.6 Å². The Balaban J connectivity index is 2.75. The summed E-state index contributed by atoms with van der Waals surface area (Å²) in [6, 6.07) is 4.61. The fraction of sp³-hybridized carbons (Fsp3) is 0. The van der Waals surface area contributed by atoms with Gasteiger partial charge in [-0.15, -0.1) is 4.40 Å². The van der Waals surface area contributed by atoms with Crippen LogP contribution in [0.2, 0.25) is 0 Å². The summed E-state index contributed by atoms with van der Waals surface area (Å²) in [5.74, 6) is -0.175. The third-order valence-corrected chi connectivity index (χ3v) is 2.85. The molecular weight excluding hydrogens is 218 g/mol. The van der Waals surface area contributed by atoms with Gasteiger partial charge in [-0.3, -0.25) is 9.52 Å². The van der Waals surface area contributed by atoms with Crippen LogP contribution in [0.25, 0.3) is 0 Å². The highest BCUT2D eigenvalue weighted by molar-refractivity contribution is 7.91. The second-order valence-electron chi connectivity index (χ2n) is 2.94. The maximum absolute atomic E-state index is 11.2. The van der Waals surface area contributed by atoms with Crippen molar-refractivity contribution in [2.24, 2.45) is 10.1 Å². The predicted molar refractivity (Wildman–Crippen MR) is 55.1 cm³/mol. The van der Waals surface area contributed by atoms with Crippen molar-refractivity contribution in [1.29, 1.82) is 0 Å². The second-order valence-corrected chi connectivity index (χ2v) is 4.28. The van der Waals surface area contributed by atoms with Crippen LogP contribution >= 0.6 is 0 Å². The SMILES string of the molecule is NC1=NS(=O)(=O)Nc2cccc(C=O)c21. The molecule has 0 fully saturated rings. The van der Waals surface area contributed by atoms with E-state index in [0.29, 0.717) is 17.4 Å². The van der Waals surface area contributed by atoms with E-state index in [-0.39, 0.29) is 11.5 Å². The molecule has 0 saturated heterocycles. The van der Waals surface area contributed by atoms with Crippen molar-refractivity contribution >= 4 is 28.0 Å². The van der Waals surface area contributed by atoms with Crippen LogP contribution in [-0.2, 0) is 10.2 Å². The van der Waals surface area contributed by atoms with Crippen LogP contribution < -0.4 is 10.5 Å². The number of anilines is 1. The average molecular weight is 225 g/mol. The van der Waals surface area contributed by atoms with E-state index in [1.807, 2.05) is 0 Å². The number of rotatable bonds is 1. The fourth-order valence-electron chi connectivity index (χ4n) is 1.38. The first-order chi connectivity index (χ1) is 7.03. The minimum absolute atomic E-state index is 0.175. The average Bonchev–Trinajstić information content (AvgIpc) is 2.14. The Morgan fingerprint density at radius 2 is 2.13 bits per heavy atom. The number of hydrogen-bond acceptors (Lipinski definition) is 4. The van der Waals surface area contributed by atoms with E-state index in [9.17, 15) is 13.2 Å². The largest absolute Gasteiger partial charge is 0.382 e. The zero-order valence-electron chi connectivity index (χ0n) is 7.47. The summed E-state index contributed by atoms with van der Waals surface area (Å²) in [7, 11) is -3.77. The maximum Gasteiger partial charge on any atom is 0.344 e. The molecule has 0 aliphatic carbocycles. The highest BCUT2D eigenvalue weighted by atomic mass is 32.2. The van der Waals surface area contributed by atoms with E-state index in [1.165, 1.54) is 12.1 Å². The summed E-state index contributed by atoms with van der Waals surface area (Å²) in [5, 5.41) is 0. The Morgan fingerprint density at radius 1 is 1.40 bits per heavy atom.